The number of allylic oxidation sites excluding steroid dienone is 1. The fourth-order valence-corrected chi connectivity index (χ4v) is 4.18. The molecule has 0 radical (unpaired) electrons. The summed E-state index contributed by atoms with van der Waals surface area (Å²) in [5.74, 6) is 0.924. The van der Waals surface area contributed by atoms with Gasteiger partial charge in [-0.25, -0.2) is 10.0 Å². The van der Waals surface area contributed by atoms with Gasteiger partial charge >= 0.3 is 6.18 Å². The molecule has 160 valence electrons. The van der Waals surface area contributed by atoms with E-state index in [0.29, 0.717) is 38.4 Å². The van der Waals surface area contributed by atoms with Crippen LogP contribution in [0.3, 0.4) is 0 Å². The zero-order valence-corrected chi connectivity index (χ0v) is 16.1. The fraction of sp³-hybridized carbons (Fsp3) is 0.450. The number of halogens is 3. The van der Waals surface area contributed by atoms with E-state index in [0.717, 1.165) is 17.2 Å². The number of aliphatic hydroxyl groups is 1. The van der Waals surface area contributed by atoms with Crippen molar-refractivity contribution in [3.05, 3.63) is 41.9 Å². The lowest BCUT2D eigenvalue weighted by atomic mass is 9.96. The van der Waals surface area contributed by atoms with Crippen molar-refractivity contribution in [2.75, 3.05) is 49.4 Å². The van der Waals surface area contributed by atoms with Crippen molar-refractivity contribution in [2.45, 2.75) is 18.2 Å². The highest BCUT2D eigenvalue weighted by atomic mass is 19.4. The Hall–Kier alpha value is -2.72. The van der Waals surface area contributed by atoms with Crippen molar-refractivity contribution >= 4 is 17.6 Å². The Labute approximate surface area is 171 Å². The molecule has 4 heterocycles. The van der Waals surface area contributed by atoms with Crippen molar-refractivity contribution in [1.29, 1.82) is 0 Å². The number of fused-ring (bicyclic) bond motifs is 2. The lowest BCUT2D eigenvalue weighted by Crippen LogP contribution is -2.52. The molecule has 1 fully saturated rings. The van der Waals surface area contributed by atoms with Gasteiger partial charge in [0.2, 0.25) is 5.60 Å². The predicted molar refractivity (Wildman–Crippen MR) is 105 cm³/mol. The Kier molecular flexibility index (Phi) is 4.44. The molecule has 1 aromatic carbocycles. The Morgan fingerprint density at radius 2 is 1.97 bits per heavy atom. The smallest absolute Gasteiger partial charge is 0.430 e. The number of alkyl halides is 3. The molecule has 0 aliphatic carbocycles. The van der Waals surface area contributed by atoms with E-state index in [4.69, 9.17) is 9.47 Å². The van der Waals surface area contributed by atoms with Gasteiger partial charge in [-0.05, 0) is 18.2 Å². The molecule has 0 bridgehead atoms. The van der Waals surface area contributed by atoms with Gasteiger partial charge in [-0.3, -0.25) is 5.01 Å². The maximum Gasteiger partial charge on any atom is 0.430 e. The molecule has 7 nitrogen and oxygen atoms in total. The summed E-state index contributed by atoms with van der Waals surface area (Å²) in [6, 6.07) is 3.40. The maximum absolute atomic E-state index is 13.7. The molecule has 4 aliphatic heterocycles. The third kappa shape index (κ3) is 2.93. The quantitative estimate of drug-likeness (QED) is 0.806. The molecule has 0 unspecified atom stereocenters. The standard InChI is InChI=1S/C20H21F3N4O3/c21-20(22,23)19(13-28)12-14-10-16(26-5-2-18-24-3-1-4-27(18)26)15(11-17(14)30-19)25-6-8-29-9-7-25/h1-4,10-11,28H,5-9,12-13H2/t19-/m1/s1. The molecule has 0 saturated carbocycles. The van der Waals surface area contributed by atoms with Crippen LogP contribution in [-0.4, -0.2) is 67.6 Å². The Morgan fingerprint density at radius 1 is 1.17 bits per heavy atom. The third-order valence-electron chi connectivity index (χ3n) is 5.80. The number of benzene rings is 1. The molecule has 1 N–H and O–H groups in total. The normalized spacial score (nSPS) is 25.3. The number of hydrazine groups is 1. The van der Waals surface area contributed by atoms with Crippen LogP contribution in [0.4, 0.5) is 24.5 Å². The summed E-state index contributed by atoms with van der Waals surface area (Å²) < 4.78 is 51.9. The van der Waals surface area contributed by atoms with Gasteiger partial charge in [0.25, 0.3) is 0 Å². The zero-order valence-electron chi connectivity index (χ0n) is 16.1. The Bertz CT molecular complexity index is 940. The van der Waals surface area contributed by atoms with Crippen molar-refractivity contribution in [2.24, 2.45) is 4.99 Å². The van der Waals surface area contributed by atoms with Gasteiger partial charge in [-0.15, -0.1) is 0 Å². The van der Waals surface area contributed by atoms with E-state index in [1.165, 1.54) is 0 Å². The first-order chi connectivity index (χ1) is 14.4. The number of morpholine rings is 1. The van der Waals surface area contributed by atoms with Gasteiger partial charge in [0.05, 0.1) is 37.7 Å². The van der Waals surface area contributed by atoms with E-state index < -0.39 is 24.8 Å². The van der Waals surface area contributed by atoms with Crippen LogP contribution in [-0.2, 0) is 11.2 Å². The Balaban J connectivity index is 1.57. The van der Waals surface area contributed by atoms with Crippen molar-refractivity contribution < 1.29 is 27.8 Å². The van der Waals surface area contributed by atoms with Crippen LogP contribution < -0.4 is 14.6 Å². The molecular weight excluding hydrogens is 401 g/mol. The minimum atomic E-state index is -4.69. The number of anilines is 2. The number of nitrogens with zero attached hydrogens (tertiary/aromatic N) is 4. The molecule has 0 amide bonds. The molecule has 1 saturated heterocycles. The third-order valence-corrected chi connectivity index (χ3v) is 5.80. The second-order valence-electron chi connectivity index (χ2n) is 7.59. The summed E-state index contributed by atoms with van der Waals surface area (Å²) in [6.45, 7) is 1.73. The molecule has 1 aromatic rings. The first-order valence-corrected chi connectivity index (χ1v) is 9.76. The number of hydrogen-bond acceptors (Lipinski definition) is 7. The van der Waals surface area contributed by atoms with Crippen molar-refractivity contribution in [3.63, 3.8) is 0 Å². The summed E-state index contributed by atoms with van der Waals surface area (Å²) >= 11 is 0. The number of ether oxygens (including phenoxy) is 2. The largest absolute Gasteiger partial charge is 0.475 e. The highest BCUT2D eigenvalue weighted by Gasteiger charge is 2.60. The molecule has 30 heavy (non-hydrogen) atoms. The zero-order chi connectivity index (χ0) is 20.9. The van der Waals surface area contributed by atoms with E-state index in [9.17, 15) is 18.3 Å². The summed E-state index contributed by atoms with van der Waals surface area (Å²) in [5, 5.41) is 13.4. The molecule has 4 aliphatic rings. The van der Waals surface area contributed by atoms with E-state index in [1.54, 1.807) is 24.4 Å². The molecule has 1 atom stereocenters. The minimum Gasteiger partial charge on any atom is -0.475 e. The van der Waals surface area contributed by atoms with Crippen LogP contribution >= 0.6 is 0 Å². The summed E-state index contributed by atoms with van der Waals surface area (Å²) in [7, 11) is 0. The van der Waals surface area contributed by atoms with E-state index >= 15 is 0 Å². The van der Waals surface area contributed by atoms with Gasteiger partial charge in [-0.2, -0.15) is 13.2 Å². The first kappa shape index (κ1) is 19.3. The topological polar surface area (TPSA) is 60.8 Å². The molecule has 5 rings (SSSR count). The molecule has 0 spiro atoms. The second kappa shape index (κ2) is 6.92. The average Bonchev–Trinajstić information content (AvgIpc) is 3.34. The van der Waals surface area contributed by atoms with Gasteiger partial charge < -0.3 is 19.5 Å². The SMILES string of the molecule is OC[C@@]1(C(F)(F)F)Cc2cc(N3CC=C4N=CC=CN43)c(N3CCOCC3)cc2O1. The predicted octanol–water partition coefficient (Wildman–Crippen LogP) is 2.23. The van der Waals surface area contributed by atoms with Crippen LogP contribution in [0.25, 0.3) is 0 Å². The molecular formula is C20H21F3N4O3. The average molecular weight is 422 g/mol. The maximum atomic E-state index is 13.7. The summed E-state index contributed by atoms with van der Waals surface area (Å²) in [5.41, 5.74) is -0.653. The van der Waals surface area contributed by atoms with E-state index in [1.807, 2.05) is 22.3 Å². The number of aliphatic imine (C=N–C) groups is 1. The van der Waals surface area contributed by atoms with Gasteiger partial charge in [-0.1, -0.05) is 0 Å². The van der Waals surface area contributed by atoms with Crippen LogP contribution in [0.2, 0.25) is 0 Å². The molecule has 0 aromatic heterocycles. The number of hydrogen-bond donors (Lipinski definition) is 1. The lowest BCUT2D eigenvalue weighted by molar-refractivity contribution is -0.252. The van der Waals surface area contributed by atoms with Gasteiger partial charge in [0, 0.05) is 43.6 Å². The highest BCUT2D eigenvalue weighted by molar-refractivity contribution is 5.78. The summed E-state index contributed by atoms with van der Waals surface area (Å²) in [4.78, 5) is 6.43. The highest BCUT2D eigenvalue weighted by Crippen LogP contribution is 2.49. The van der Waals surface area contributed by atoms with Crippen molar-refractivity contribution in [1.82, 2.24) is 5.01 Å². The van der Waals surface area contributed by atoms with Crippen LogP contribution in [0.5, 0.6) is 5.75 Å². The number of aliphatic hydroxyl groups excluding tert-OH is 1. The lowest BCUT2D eigenvalue weighted by Gasteiger charge is -2.36. The second-order valence-corrected chi connectivity index (χ2v) is 7.59. The number of rotatable bonds is 3. The first-order valence-electron chi connectivity index (χ1n) is 9.76. The van der Waals surface area contributed by atoms with Gasteiger partial charge in [0.15, 0.2) is 0 Å². The van der Waals surface area contributed by atoms with Crippen molar-refractivity contribution in [3.8, 4) is 5.75 Å². The van der Waals surface area contributed by atoms with Crippen LogP contribution in [0, 0.1) is 0 Å². The minimum absolute atomic E-state index is 0.159. The van der Waals surface area contributed by atoms with E-state index in [2.05, 4.69) is 9.89 Å². The van der Waals surface area contributed by atoms with E-state index in [-0.39, 0.29) is 5.75 Å². The summed E-state index contributed by atoms with van der Waals surface area (Å²) in [6.07, 6.45) is 2.21. The molecule has 10 heteroatoms. The van der Waals surface area contributed by atoms with Crippen LogP contribution in [0.15, 0.2) is 41.3 Å². The fourth-order valence-electron chi connectivity index (χ4n) is 4.18. The van der Waals surface area contributed by atoms with Gasteiger partial charge in [0.1, 0.15) is 11.6 Å². The monoisotopic (exact) mass is 422 g/mol. The Morgan fingerprint density at radius 3 is 2.70 bits per heavy atom. The van der Waals surface area contributed by atoms with Crippen LogP contribution in [0.1, 0.15) is 5.56 Å².